The van der Waals surface area contributed by atoms with Gasteiger partial charge in [0, 0.05) is 0 Å². The van der Waals surface area contributed by atoms with Gasteiger partial charge < -0.3 is 10.2 Å². The Bertz CT molecular complexity index is 699. The van der Waals surface area contributed by atoms with Crippen molar-refractivity contribution in [2.24, 2.45) is 45.3 Å². The lowest BCUT2D eigenvalue weighted by Gasteiger charge is -2.61. The van der Waals surface area contributed by atoms with Crippen molar-refractivity contribution in [2.45, 2.75) is 118 Å². The van der Waals surface area contributed by atoms with E-state index in [1.54, 1.807) is 0 Å². The molecular formula is C30H50O2. The van der Waals surface area contributed by atoms with E-state index in [1.807, 2.05) is 0 Å². The van der Waals surface area contributed by atoms with Crippen LogP contribution in [0.4, 0.5) is 0 Å². The van der Waals surface area contributed by atoms with Gasteiger partial charge in [-0.25, -0.2) is 0 Å². The number of rotatable bonds is 3. The monoisotopic (exact) mass is 442 g/mol. The Labute approximate surface area is 198 Å². The lowest BCUT2D eigenvalue weighted by Crippen LogP contribution is -2.56. The Morgan fingerprint density at radius 2 is 1.00 bits per heavy atom. The summed E-state index contributed by atoms with van der Waals surface area (Å²) < 4.78 is 0. The van der Waals surface area contributed by atoms with Crippen LogP contribution in [0.3, 0.4) is 0 Å². The molecule has 4 saturated carbocycles. The molecular weight excluding hydrogens is 392 g/mol. The summed E-state index contributed by atoms with van der Waals surface area (Å²) in [4.78, 5) is 0. The van der Waals surface area contributed by atoms with Crippen LogP contribution in [0.1, 0.15) is 106 Å². The molecule has 32 heavy (non-hydrogen) atoms. The molecule has 0 aromatic heterocycles. The van der Waals surface area contributed by atoms with Crippen molar-refractivity contribution in [2.75, 3.05) is 0 Å². The maximum absolute atomic E-state index is 10.8. The topological polar surface area (TPSA) is 40.5 Å². The second kappa shape index (κ2) is 7.98. The zero-order valence-electron chi connectivity index (χ0n) is 21.8. The van der Waals surface area contributed by atoms with Gasteiger partial charge in [-0.2, -0.15) is 0 Å². The molecule has 0 aromatic rings. The highest BCUT2D eigenvalue weighted by Crippen LogP contribution is 2.64. The summed E-state index contributed by atoms with van der Waals surface area (Å²) in [5.74, 6) is 2.23. The van der Waals surface area contributed by atoms with Crippen molar-refractivity contribution in [3.8, 4) is 0 Å². The number of fused-ring (bicyclic) bond motifs is 2. The third-order valence-electron chi connectivity index (χ3n) is 11.8. The Morgan fingerprint density at radius 1 is 0.656 bits per heavy atom. The van der Waals surface area contributed by atoms with Gasteiger partial charge in [-0.15, -0.1) is 0 Å². The summed E-state index contributed by atoms with van der Waals surface area (Å²) in [6.45, 7) is 23.4. The lowest BCUT2D eigenvalue weighted by atomic mass is 9.44. The van der Waals surface area contributed by atoms with E-state index in [2.05, 4.69) is 54.7 Å². The standard InChI is InChI=1S/C30H50O2/c1-19-9-13-23-27(3,4)25(31)15-17-29(23,7)21(19)11-12-22-20(2)10-14-24-28(5,6)26(32)16-18-30(22,24)8/h21-26,31-32H,1-2,9-18H2,3-8H3/t21-,22-,23+,24+,25-,26-,29+,30+/m0/s1. The van der Waals surface area contributed by atoms with Crippen LogP contribution in [0.2, 0.25) is 0 Å². The van der Waals surface area contributed by atoms with E-state index >= 15 is 0 Å². The molecule has 0 unspecified atom stereocenters. The largest absolute Gasteiger partial charge is 0.393 e. The van der Waals surface area contributed by atoms with Crippen LogP contribution in [-0.2, 0) is 0 Å². The van der Waals surface area contributed by atoms with Crippen LogP contribution in [0.5, 0.6) is 0 Å². The molecule has 0 spiro atoms. The molecule has 0 saturated heterocycles. The van der Waals surface area contributed by atoms with Gasteiger partial charge in [0.25, 0.3) is 0 Å². The quantitative estimate of drug-likeness (QED) is 0.450. The van der Waals surface area contributed by atoms with Crippen LogP contribution >= 0.6 is 0 Å². The second-order valence-corrected chi connectivity index (χ2v) is 13.9. The first kappa shape index (κ1) is 24.5. The van der Waals surface area contributed by atoms with Gasteiger partial charge in [0.2, 0.25) is 0 Å². The average molecular weight is 443 g/mol. The summed E-state index contributed by atoms with van der Waals surface area (Å²) in [5.41, 5.74) is 3.38. The highest BCUT2D eigenvalue weighted by atomic mass is 16.3. The minimum Gasteiger partial charge on any atom is -0.393 e. The van der Waals surface area contributed by atoms with Crippen molar-refractivity contribution in [3.63, 3.8) is 0 Å². The number of hydrogen-bond acceptors (Lipinski definition) is 2. The lowest BCUT2D eigenvalue weighted by molar-refractivity contribution is -0.134. The number of allylic oxidation sites excluding steroid dienone is 2. The fourth-order valence-corrected chi connectivity index (χ4v) is 9.73. The van der Waals surface area contributed by atoms with E-state index in [-0.39, 0.29) is 33.9 Å². The van der Waals surface area contributed by atoms with Crippen LogP contribution < -0.4 is 0 Å². The summed E-state index contributed by atoms with van der Waals surface area (Å²) in [6.07, 6.45) is 10.7. The summed E-state index contributed by atoms with van der Waals surface area (Å²) in [6, 6.07) is 0. The fourth-order valence-electron chi connectivity index (χ4n) is 9.73. The van der Waals surface area contributed by atoms with Crippen molar-refractivity contribution < 1.29 is 10.2 Å². The van der Waals surface area contributed by atoms with Gasteiger partial charge in [0.15, 0.2) is 0 Å². The highest BCUT2D eigenvalue weighted by Gasteiger charge is 2.58. The molecule has 0 bridgehead atoms. The summed E-state index contributed by atoms with van der Waals surface area (Å²) in [5, 5.41) is 21.6. The predicted molar refractivity (Wildman–Crippen MR) is 134 cm³/mol. The van der Waals surface area contributed by atoms with Gasteiger partial charge in [-0.3, -0.25) is 0 Å². The Balaban J connectivity index is 1.57. The average Bonchev–Trinajstić information content (AvgIpc) is 2.69. The minimum absolute atomic E-state index is 0.0129. The first-order chi connectivity index (χ1) is 14.8. The van der Waals surface area contributed by atoms with Gasteiger partial charge in [-0.05, 0) is 110 Å². The molecule has 8 atom stereocenters. The molecule has 2 N–H and O–H groups in total. The van der Waals surface area contributed by atoms with E-state index < -0.39 is 0 Å². The van der Waals surface area contributed by atoms with Gasteiger partial charge in [-0.1, -0.05) is 65.8 Å². The Morgan fingerprint density at radius 3 is 1.34 bits per heavy atom. The number of aliphatic hydroxyl groups is 2. The fraction of sp³-hybridized carbons (Fsp3) is 0.867. The summed E-state index contributed by atoms with van der Waals surface area (Å²) in [7, 11) is 0. The molecule has 2 nitrogen and oxygen atoms in total. The highest BCUT2D eigenvalue weighted by molar-refractivity contribution is 5.20. The number of hydrogen-bond donors (Lipinski definition) is 2. The molecule has 4 fully saturated rings. The number of aliphatic hydroxyl groups excluding tert-OH is 2. The molecule has 2 heteroatoms. The van der Waals surface area contributed by atoms with Gasteiger partial charge in [0.05, 0.1) is 12.2 Å². The zero-order valence-corrected chi connectivity index (χ0v) is 21.8. The molecule has 182 valence electrons. The molecule has 0 amide bonds. The molecule has 0 aliphatic heterocycles. The molecule has 0 aromatic carbocycles. The van der Waals surface area contributed by atoms with Crippen LogP contribution in [0.25, 0.3) is 0 Å². The maximum atomic E-state index is 10.8. The van der Waals surface area contributed by atoms with Crippen LogP contribution in [0, 0.1) is 45.3 Å². The van der Waals surface area contributed by atoms with E-state index in [4.69, 9.17) is 0 Å². The molecule has 4 rings (SSSR count). The minimum atomic E-state index is -0.179. The molecule has 4 aliphatic carbocycles. The first-order valence-electron chi connectivity index (χ1n) is 13.5. The van der Waals surface area contributed by atoms with Crippen molar-refractivity contribution >= 4 is 0 Å². The maximum Gasteiger partial charge on any atom is 0.0594 e. The normalized spacial score (nSPS) is 48.1. The predicted octanol–water partition coefficient (Wildman–Crippen LogP) is 7.31. The molecule has 0 radical (unpaired) electrons. The third-order valence-corrected chi connectivity index (χ3v) is 11.8. The van der Waals surface area contributed by atoms with E-state index in [0.717, 1.165) is 38.5 Å². The Kier molecular flexibility index (Phi) is 6.11. The van der Waals surface area contributed by atoms with Gasteiger partial charge >= 0.3 is 0 Å². The zero-order chi connectivity index (χ0) is 23.7. The van der Waals surface area contributed by atoms with Crippen molar-refractivity contribution in [1.82, 2.24) is 0 Å². The first-order valence-corrected chi connectivity index (χ1v) is 13.5. The van der Waals surface area contributed by atoms with Gasteiger partial charge in [0.1, 0.15) is 0 Å². The van der Waals surface area contributed by atoms with Crippen molar-refractivity contribution in [3.05, 3.63) is 24.3 Å². The SMILES string of the molecule is C=C1CC[C@@H]2C(C)(C)[C@@H](O)CC[C@]2(C)[C@H]1CC[C@H]1C(=C)CC[C@@H]2C(C)(C)[C@@H](O)CC[C@@]21C. The van der Waals surface area contributed by atoms with Crippen LogP contribution in [0.15, 0.2) is 24.3 Å². The third kappa shape index (κ3) is 3.49. The van der Waals surface area contributed by atoms with Crippen LogP contribution in [-0.4, -0.2) is 22.4 Å². The van der Waals surface area contributed by atoms with Crippen molar-refractivity contribution in [1.29, 1.82) is 0 Å². The molecule has 0 heterocycles. The van der Waals surface area contributed by atoms with E-state index in [9.17, 15) is 10.2 Å². The van der Waals surface area contributed by atoms with E-state index in [0.29, 0.717) is 23.7 Å². The summed E-state index contributed by atoms with van der Waals surface area (Å²) >= 11 is 0. The Hall–Kier alpha value is -0.600. The van der Waals surface area contributed by atoms with E-state index in [1.165, 1.54) is 36.8 Å². The smallest absolute Gasteiger partial charge is 0.0594 e. The second-order valence-electron chi connectivity index (χ2n) is 13.9. The molecule has 4 aliphatic rings.